The van der Waals surface area contributed by atoms with Gasteiger partial charge in [0.1, 0.15) is 17.5 Å². The van der Waals surface area contributed by atoms with E-state index in [0.717, 1.165) is 11.4 Å². The van der Waals surface area contributed by atoms with Gasteiger partial charge < -0.3 is 15.7 Å². The molecule has 3 rings (SSSR count). The van der Waals surface area contributed by atoms with Gasteiger partial charge in [-0.15, -0.1) is 0 Å². The summed E-state index contributed by atoms with van der Waals surface area (Å²) in [5.41, 5.74) is 2.32. The Labute approximate surface area is 154 Å². The normalized spacial score (nSPS) is 10.8. The third-order valence-electron chi connectivity index (χ3n) is 3.52. The predicted molar refractivity (Wildman–Crippen MR) is 98.9 cm³/mol. The largest absolute Gasteiger partial charge is 0.395 e. The molecule has 3 aromatic rings. The molecule has 0 aliphatic carbocycles. The van der Waals surface area contributed by atoms with Gasteiger partial charge in [0.15, 0.2) is 0 Å². The Bertz CT molecular complexity index is 930. The summed E-state index contributed by atoms with van der Waals surface area (Å²) in [6, 6.07) is 7.92. The number of hydrogen-bond donors (Lipinski definition) is 3. The lowest BCUT2D eigenvalue weighted by Gasteiger charge is -2.12. The van der Waals surface area contributed by atoms with E-state index in [1.165, 1.54) is 12.1 Å². The zero-order valence-electron chi connectivity index (χ0n) is 14.3. The molecule has 0 fully saturated rings. The first-order chi connectivity index (χ1) is 12.5. The molecule has 136 valence electrons. The lowest BCUT2D eigenvalue weighted by molar-refractivity contribution is 0.311. The topological polar surface area (TPSA) is 87.9 Å². The first kappa shape index (κ1) is 18.1. The number of aromatic nitrogens is 4. The van der Waals surface area contributed by atoms with E-state index in [4.69, 9.17) is 16.7 Å². The van der Waals surface area contributed by atoms with Gasteiger partial charge in [-0.25, -0.2) is 9.07 Å². The molecule has 0 amide bonds. The minimum atomic E-state index is -0.492. The molecular weight excluding hydrogens is 359 g/mol. The van der Waals surface area contributed by atoms with E-state index < -0.39 is 5.82 Å². The number of halogens is 2. The number of aliphatic hydroxyl groups is 1. The van der Waals surface area contributed by atoms with Crippen molar-refractivity contribution in [2.45, 2.75) is 13.8 Å². The Kier molecular flexibility index (Phi) is 5.34. The number of rotatable bonds is 6. The lowest BCUT2D eigenvalue weighted by Crippen LogP contribution is -2.12. The van der Waals surface area contributed by atoms with Crippen LogP contribution in [-0.2, 0) is 0 Å². The second kappa shape index (κ2) is 7.67. The van der Waals surface area contributed by atoms with Crippen molar-refractivity contribution in [2.75, 3.05) is 23.8 Å². The quantitative estimate of drug-likeness (QED) is 0.612. The molecule has 1 aromatic carbocycles. The van der Waals surface area contributed by atoms with Crippen LogP contribution in [0, 0.1) is 19.7 Å². The van der Waals surface area contributed by atoms with E-state index in [1.807, 2.05) is 19.9 Å². The summed E-state index contributed by atoms with van der Waals surface area (Å²) in [6.07, 6.45) is 0. The summed E-state index contributed by atoms with van der Waals surface area (Å²) in [5, 5.41) is 19.5. The smallest absolute Gasteiger partial charge is 0.254 e. The number of hydrogen-bond acceptors (Lipinski definition) is 6. The molecule has 7 nitrogen and oxygen atoms in total. The third kappa shape index (κ3) is 4.09. The standard InChI is InChI=1S/C17H18ClFN6O/c1-10-7-11(2)25(24-10)17-22-15(20-5-6-26)9-16(23-17)21-12-3-4-14(19)13(18)8-12/h3-4,7-9,26H,5-6H2,1-2H3,(H2,20,21,22,23). The van der Waals surface area contributed by atoms with Crippen molar-refractivity contribution in [1.29, 1.82) is 0 Å². The first-order valence-electron chi connectivity index (χ1n) is 7.96. The molecule has 0 atom stereocenters. The van der Waals surface area contributed by atoms with Crippen molar-refractivity contribution in [3.63, 3.8) is 0 Å². The maximum absolute atomic E-state index is 13.3. The molecular formula is C17H18ClFN6O. The molecule has 2 heterocycles. The van der Waals surface area contributed by atoms with Gasteiger partial charge in [-0.2, -0.15) is 15.1 Å². The molecule has 0 saturated heterocycles. The highest BCUT2D eigenvalue weighted by atomic mass is 35.5. The zero-order valence-corrected chi connectivity index (χ0v) is 15.0. The van der Waals surface area contributed by atoms with Crippen molar-refractivity contribution >= 4 is 28.9 Å². The minimum Gasteiger partial charge on any atom is -0.395 e. The van der Waals surface area contributed by atoms with Gasteiger partial charge in [-0.05, 0) is 38.1 Å². The Hall–Kier alpha value is -2.71. The Morgan fingerprint density at radius 2 is 1.92 bits per heavy atom. The molecule has 0 aliphatic rings. The van der Waals surface area contributed by atoms with Crippen molar-refractivity contribution in [1.82, 2.24) is 19.7 Å². The van der Waals surface area contributed by atoms with Crippen molar-refractivity contribution in [2.24, 2.45) is 0 Å². The molecule has 2 aromatic heterocycles. The van der Waals surface area contributed by atoms with E-state index in [0.29, 0.717) is 29.8 Å². The minimum absolute atomic E-state index is 0.0152. The second-order valence-electron chi connectivity index (χ2n) is 5.68. The highest BCUT2D eigenvalue weighted by Crippen LogP contribution is 2.23. The number of benzene rings is 1. The Balaban J connectivity index is 1.98. The van der Waals surface area contributed by atoms with Crippen molar-refractivity contribution < 1.29 is 9.50 Å². The molecule has 0 spiro atoms. The fourth-order valence-corrected chi connectivity index (χ4v) is 2.60. The molecule has 26 heavy (non-hydrogen) atoms. The second-order valence-corrected chi connectivity index (χ2v) is 6.09. The van der Waals surface area contributed by atoms with Crippen LogP contribution in [0.2, 0.25) is 5.02 Å². The maximum Gasteiger partial charge on any atom is 0.254 e. The van der Waals surface area contributed by atoms with Crippen LogP contribution in [0.1, 0.15) is 11.4 Å². The average molecular weight is 377 g/mol. The van der Waals surface area contributed by atoms with E-state index >= 15 is 0 Å². The van der Waals surface area contributed by atoms with Crippen LogP contribution in [0.25, 0.3) is 5.95 Å². The average Bonchev–Trinajstić information content (AvgIpc) is 2.94. The van der Waals surface area contributed by atoms with Crippen molar-refractivity contribution in [3.8, 4) is 5.95 Å². The molecule has 3 N–H and O–H groups in total. The van der Waals surface area contributed by atoms with E-state index in [-0.39, 0.29) is 11.6 Å². The van der Waals surface area contributed by atoms with Crippen LogP contribution >= 0.6 is 11.6 Å². The van der Waals surface area contributed by atoms with Gasteiger partial charge in [0, 0.05) is 24.0 Å². The van der Waals surface area contributed by atoms with Crippen LogP contribution in [-0.4, -0.2) is 38.0 Å². The molecule has 9 heteroatoms. The van der Waals surface area contributed by atoms with Crippen LogP contribution in [0.15, 0.2) is 30.3 Å². The highest BCUT2D eigenvalue weighted by Gasteiger charge is 2.11. The number of nitrogens with zero attached hydrogens (tertiary/aromatic N) is 4. The molecule has 0 aliphatic heterocycles. The summed E-state index contributed by atoms with van der Waals surface area (Å²) in [6.45, 7) is 4.10. The SMILES string of the molecule is Cc1cc(C)n(-c2nc(NCCO)cc(Nc3ccc(F)c(Cl)c3)n2)n1. The lowest BCUT2D eigenvalue weighted by atomic mass is 10.3. The van der Waals surface area contributed by atoms with Gasteiger partial charge in [0.05, 0.1) is 17.3 Å². The zero-order chi connectivity index (χ0) is 18.7. The van der Waals surface area contributed by atoms with Crippen LogP contribution in [0.4, 0.5) is 21.7 Å². The molecule has 0 unspecified atom stereocenters. The Morgan fingerprint density at radius 1 is 1.15 bits per heavy atom. The van der Waals surface area contributed by atoms with Gasteiger partial charge >= 0.3 is 0 Å². The van der Waals surface area contributed by atoms with Crippen LogP contribution in [0.3, 0.4) is 0 Å². The predicted octanol–water partition coefficient (Wildman–Crippen LogP) is 3.22. The molecule has 0 saturated carbocycles. The number of aliphatic hydroxyl groups excluding tert-OH is 1. The van der Waals surface area contributed by atoms with E-state index in [1.54, 1.807) is 16.8 Å². The first-order valence-corrected chi connectivity index (χ1v) is 8.33. The third-order valence-corrected chi connectivity index (χ3v) is 3.81. The molecule has 0 bridgehead atoms. The van der Waals surface area contributed by atoms with Crippen LogP contribution < -0.4 is 10.6 Å². The number of aryl methyl sites for hydroxylation is 2. The van der Waals surface area contributed by atoms with Crippen molar-refractivity contribution in [3.05, 3.63) is 52.6 Å². The monoisotopic (exact) mass is 376 g/mol. The highest BCUT2D eigenvalue weighted by molar-refractivity contribution is 6.31. The van der Waals surface area contributed by atoms with Gasteiger partial charge in [-0.1, -0.05) is 11.6 Å². The van der Waals surface area contributed by atoms with Gasteiger partial charge in [0.2, 0.25) is 0 Å². The molecule has 0 radical (unpaired) electrons. The number of anilines is 3. The van der Waals surface area contributed by atoms with Gasteiger partial charge in [0.25, 0.3) is 5.95 Å². The summed E-state index contributed by atoms with van der Waals surface area (Å²) >= 11 is 5.83. The maximum atomic E-state index is 13.3. The Morgan fingerprint density at radius 3 is 2.58 bits per heavy atom. The summed E-state index contributed by atoms with van der Waals surface area (Å²) in [7, 11) is 0. The van der Waals surface area contributed by atoms with E-state index in [2.05, 4.69) is 25.7 Å². The fraction of sp³-hybridized carbons (Fsp3) is 0.235. The van der Waals surface area contributed by atoms with E-state index in [9.17, 15) is 4.39 Å². The van der Waals surface area contributed by atoms with Gasteiger partial charge in [-0.3, -0.25) is 0 Å². The van der Waals surface area contributed by atoms with Crippen LogP contribution in [0.5, 0.6) is 0 Å². The summed E-state index contributed by atoms with van der Waals surface area (Å²) < 4.78 is 15.0. The summed E-state index contributed by atoms with van der Waals surface area (Å²) in [4.78, 5) is 8.90. The fourth-order valence-electron chi connectivity index (χ4n) is 2.42. The summed E-state index contributed by atoms with van der Waals surface area (Å²) in [5.74, 6) is 0.876. The number of nitrogens with one attached hydrogen (secondary N) is 2.